The lowest BCUT2D eigenvalue weighted by molar-refractivity contribution is 1.25. The van der Waals surface area contributed by atoms with E-state index in [9.17, 15) is 0 Å². The van der Waals surface area contributed by atoms with E-state index < -0.39 is 0 Å². The van der Waals surface area contributed by atoms with Gasteiger partial charge in [-0.2, -0.15) is 0 Å². The van der Waals surface area contributed by atoms with Crippen molar-refractivity contribution in [1.82, 2.24) is 9.97 Å². The second-order valence-electron chi connectivity index (χ2n) is 10.1. The molecule has 2 nitrogen and oxygen atoms in total. The average molecular weight is 465 g/mol. The summed E-state index contributed by atoms with van der Waals surface area (Å²) >= 11 is 0. The van der Waals surface area contributed by atoms with Crippen molar-refractivity contribution in [2.75, 3.05) is 0 Å². The summed E-state index contributed by atoms with van der Waals surface area (Å²) in [5, 5.41) is 7.74. The zero-order valence-electron chi connectivity index (χ0n) is 21.1. The van der Waals surface area contributed by atoms with Gasteiger partial charge in [0.25, 0.3) is 0 Å². The number of H-pyrrole nitrogens is 2. The average Bonchev–Trinajstić information content (AvgIpc) is 3.34. The van der Waals surface area contributed by atoms with Crippen LogP contribution in [0, 0.1) is 27.7 Å². The third kappa shape index (κ3) is 2.91. The van der Waals surface area contributed by atoms with Crippen LogP contribution in [0.4, 0.5) is 0 Å². The van der Waals surface area contributed by atoms with Crippen LogP contribution in [0.25, 0.3) is 65.6 Å². The topological polar surface area (TPSA) is 31.6 Å². The summed E-state index contributed by atoms with van der Waals surface area (Å²) in [6, 6.07) is 31.3. The van der Waals surface area contributed by atoms with Crippen molar-refractivity contribution < 1.29 is 0 Å². The summed E-state index contributed by atoms with van der Waals surface area (Å²) < 4.78 is 0. The molecule has 0 fully saturated rings. The highest BCUT2D eigenvalue weighted by atomic mass is 14.7. The first-order valence-electron chi connectivity index (χ1n) is 12.6. The molecule has 0 unspecified atom stereocenters. The van der Waals surface area contributed by atoms with E-state index in [1.807, 2.05) is 0 Å². The van der Waals surface area contributed by atoms with Gasteiger partial charge in [0.1, 0.15) is 0 Å². The molecule has 2 heteroatoms. The number of hydrogen-bond donors (Lipinski definition) is 2. The van der Waals surface area contributed by atoms with Crippen molar-refractivity contribution in [3.63, 3.8) is 0 Å². The summed E-state index contributed by atoms with van der Waals surface area (Å²) in [5.41, 5.74) is 12.6. The Kier molecular flexibility index (Phi) is 4.44. The van der Waals surface area contributed by atoms with Crippen LogP contribution in [0.5, 0.6) is 0 Å². The summed E-state index contributed by atoms with van der Waals surface area (Å²) in [6.45, 7) is 8.77. The van der Waals surface area contributed by atoms with Gasteiger partial charge in [0.05, 0.1) is 0 Å². The highest BCUT2D eigenvalue weighted by Crippen LogP contribution is 2.46. The molecule has 0 aliphatic rings. The first-order chi connectivity index (χ1) is 17.5. The van der Waals surface area contributed by atoms with Crippen molar-refractivity contribution in [3.8, 4) is 22.3 Å². The zero-order chi connectivity index (χ0) is 24.6. The molecule has 0 amide bonds. The van der Waals surface area contributed by atoms with E-state index in [0.717, 1.165) is 0 Å². The fourth-order valence-corrected chi connectivity index (χ4v) is 5.97. The van der Waals surface area contributed by atoms with Crippen LogP contribution < -0.4 is 0 Å². The maximum absolute atomic E-state index is 3.64. The standard InChI is InChI=1S/C34H28N2/c1-19-21(3)35-31-17-29-27(15-25(19)31)33(23-11-7-5-8-12-23)30-18-32-26(20(2)22(4)36-32)16-28(30)34(29)24-13-9-6-10-14-24/h5-18,35-36H,1-4H3. The van der Waals surface area contributed by atoms with Crippen LogP contribution >= 0.6 is 0 Å². The lowest BCUT2D eigenvalue weighted by Gasteiger charge is -2.18. The number of fused-ring (bicyclic) bond motifs is 4. The SMILES string of the molecule is Cc1[nH]c2cc3c(-c4ccccc4)c4cc5c(C)c(C)[nH]c5cc4c(-c4ccccc4)c3cc2c1C. The Balaban J connectivity index is 1.80. The molecular weight excluding hydrogens is 436 g/mol. The third-order valence-corrected chi connectivity index (χ3v) is 8.10. The first kappa shape index (κ1) is 21.0. The van der Waals surface area contributed by atoms with Crippen molar-refractivity contribution in [2.24, 2.45) is 0 Å². The van der Waals surface area contributed by atoms with E-state index in [1.54, 1.807) is 0 Å². The van der Waals surface area contributed by atoms with Crippen LogP contribution in [-0.2, 0) is 0 Å². The quantitative estimate of drug-likeness (QED) is 0.239. The predicted octanol–water partition coefficient (Wildman–Crippen LogP) is 9.52. The molecule has 0 aliphatic heterocycles. The number of aromatic amines is 2. The molecule has 2 heterocycles. The van der Waals surface area contributed by atoms with Crippen LogP contribution in [0.15, 0.2) is 84.9 Å². The van der Waals surface area contributed by atoms with Crippen LogP contribution in [0.1, 0.15) is 22.5 Å². The molecule has 0 atom stereocenters. The molecule has 2 N–H and O–H groups in total. The summed E-state index contributed by atoms with van der Waals surface area (Å²) in [5.74, 6) is 0. The van der Waals surface area contributed by atoms with Gasteiger partial charge in [-0.15, -0.1) is 0 Å². The minimum Gasteiger partial charge on any atom is -0.358 e. The van der Waals surface area contributed by atoms with Gasteiger partial charge in [0, 0.05) is 33.2 Å². The van der Waals surface area contributed by atoms with E-state index >= 15 is 0 Å². The van der Waals surface area contributed by atoms with Crippen LogP contribution in [0.3, 0.4) is 0 Å². The summed E-state index contributed by atoms with van der Waals surface area (Å²) in [6.07, 6.45) is 0. The number of aryl methyl sites for hydroxylation is 4. The smallest absolute Gasteiger partial charge is 0.0465 e. The molecule has 7 rings (SSSR count). The Bertz CT molecular complexity index is 1810. The number of nitrogens with one attached hydrogen (secondary N) is 2. The largest absolute Gasteiger partial charge is 0.358 e. The second kappa shape index (κ2) is 7.60. The molecule has 0 spiro atoms. The highest BCUT2D eigenvalue weighted by Gasteiger charge is 2.20. The van der Waals surface area contributed by atoms with Gasteiger partial charge in [-0.1, -0.05) is 60.7 Å². The van der Waals surface area contributed by atoms with Gasteiger partial charge >= 0.3 is 0 Å². The summed E-state index contributed by atoms with van der Waals surface area (Å²) in [7, 11) is 0. The number of rotatable bonds is 2. The number of benzene rings is 5. The number of hydrogen-bond acceptors (Lipinski definition) is 0. The Labute approximate surface area is 210 Å². The molecule has 7 aromatic rings. The van der Waals surface area contributed by atoms with E-state index in [4.69, 9.17) is 0 Å². The maximum atomic E-state index is 3.64. The zero-order valence-corrected chi connectivity index (χ0v) is 21.1. The molecule has 0 saturated heterocycles. The minimum atomic E-state index is 1.20. The van der Waals surface area contributed by atoms with Gasteiger partial charge in [-0.25, -0.2) is 0 Å². The van der Waals surface area contributed by atoms with E-state index in [0.29, 0.717) is 0 Å². The summed E-state index contributed by atoms with van der Waals surface area (Å²) in [4.78, 5) is 7.28. The molecule has 0 radical (unpaired) electrons. The van der Waals surface area contributed by atoms with Gasteiger partial charge in [-0.3, -0.25) is 0 Å². The molecule has 5 aromatic carbocycles. The second-order valence-corrected chi connectivity index (χ2v) is 10.1. The van der Waals surface area contributed by atoms with E-state index in [2.05, 4.69) is 123 Å². The Morgan fingerprint density at radius 3 is 1.17 bits per heavy atom. The Morgan fingerprint density at radius 1 is 0.417 bits per heavy atom. The first-order valence-corrected chi connectivity index (χ1v) is 12.6. The van der Waals surface area contributed by atoms with Gasteiger partial charge in [0.15, 0.2) is 0 Å². The fraction of sp³-hybridized carbons (Fsp3) is 0.118. The van der Waals surface area contributed by atoms with Crippen molar-refractivity contribution in [1.29, 1.82) is 0 Å². The van der Waals surface area contributed by atoms with Gasteiger partial charge in [0.2, 0.25) is 0 Å². The van der Waals surface area contributed by atoms with Crippen molar-refractivity contribution in [2.45, 2.75) is 27.7 Å². The molecule has 0 aliphatic carbocycles. The molecule has 0 bridgehead atoms. The monoisotopic (exact) mass is 464 g/mol. The predicted molar refractivity (Wildman–Crippen MR) is 155 cm³/mol. The van der Waals surface area contributed by atoms with E-state index in [-0.39, 0.29) is 0 Å². The molecule has 2 aromatic heterocycles. The molecule has 0 saturated carbocycles. The lowest BCUT2D eigenvalue weighted by atomic mass is 9.84. The normalized spacial score (nSPS) is 11.9. The highest BCUT2D eigenvalue weighted by molar-refractivity contribution is 6.25. The van der Waals surface area contributed by atoms with Crippen LogP contribution in [0.2, 0.25) is 0 Å². The van der Waals surface area contributed by atoms with E-state index in [1.165, 1.54) is 88.1 Å². The fourth-order valence-electron chi connectivity index (χ4n) is 5.97. The minimum absolute atomic E-state index is 1.20. The van der Waals surface area contributed by atoms with Gasteiger partial charge in [-0.05, 0) is 107 Å². The van der Waals surface area contributed by atoms with Crippen LogP contribution in [-0.4, -0.2) is 9.97 Å². The van der Waals surface area contributed by atoms with Crippen molar-refractivity contribution in [3.05, 3.63) is 107 Å². The van der Waals surface area contributed by atoms with Crippen molar-refractivity contribution >= 4 is 43.4 Å². The Morgan fingerprint density at radius 2 is 0.778 bits per heavy atom. The molecule has 36 heavy (non-hydrogen) atoms. The maximum Gasteiger partial charge on any atom is 0.0465 e. The Hall–Kier alpha value is -4.30. The third-order valence-electron chi connectivity index (χ3n) is 8.10. The molecule has 174 valence electrons. The molecular formula is C34H28N2. The lowest BCUT2D eigenvalue weighted by Crippen LogP contribution is -1.92. The number of aromatic nitrogens is 2. The van der Waals surface area contributed by atoms with Gasteiger partial charge < -0.3 is 9.97 Å².